The van der Waals surface area contributed by atoms with Crippen LogP contribution in [0.5, 0.6) is 0 Å². The number of nitrogens with one attached hydrogen (secondary N) is 1. The van der Waals surface area contributed by atoms with Crippen LogP contribution in [0.15, 0.2) is 0 Å². The monoisotopic (exact) mass is 200 g/mol. The molecule has 1 atom stereocenters. The number of amides is 1. The van der Waals surface area contributed by atoms with E-state index >= 15 is 0 Å². The maximum absolute atomic E-state index is 11.4. The van der Waals surface area contributed by atoms with Crippen LogP contribution < -0.4 is 5.32 Å². The van der Waals surface area contributed by atoms with E-state index in [1.807, 2.05) is 0 Å². The third kappa shape index (κ3) is 4.07. The van der Waals surface area contributed by atoms with Crippen LogP contribution in [0.2, 0.25) is 0 Å². The number of hydrogen-bond donors (Lipinski definition) is 2. The molecule has 1 amide bonds. The van der Waals surface area contributed by atoms with Gasteiger partial charge in [-0.1, -0.05) is 0 Å². The van der Waals surface area contributed by atoms with Gasteiger partial charge in [0.25, 0.3) is 0 Å². The van der Waals surface area contributed by atoms with Crippen molar-refractivity contribution >= 4 is 5.91 Å². The van der Waals surface area contributed by atoms with Crippen molar-refractivity contribution in [3.63, 3.8) is 0 Å². The Balaban J connectivity index is 2.08. The van der Waals surface area contributed by atoms with Crippen molar-refractivity contribution in [3.8, 4) is 0 Å². The summed E-state index contributed by atoms with van der Waals surface area (Å²) in [6, 6.07) is 0.335. The Hall–Kier alpha value is -0.610. The number of likely N-dealkylation sites (tertiary alicyclic amines) is 1. The second-order valence-corrected chi connectivity index (χ2v) is 4.00. The first-order valence-electron chi connectivity index (χ1n) is 5.31. The molecule has 0 bridgehead atoms. The first-order valence-corrected chi connectivity index (χ1v) is 5.31. The molecule has 1 unspecified atom stereocenters. The van der Waals surface area contributed by atoms with Crippen molar-refractivity contribution < 1.29 is 9.90 Å². The Morgan fingerprint density at radius 2 is 2.36 bits per heavy atom. The van der Waals surface area contributed by atoms with Crippen molar-refractivity contribution in [3.05, 3.63) is 0 Å². The molecule has 4 heteroatoms. The fourth-order valence-electron chi connectivity index (χ4n) is 1.75. The molecule has 1 heterocycles. The maximum Gasteiger partial charge on any atom is 0.220 e. The minimum Gasteiger partial charge on any atom is -0.396 e. The molecule has 1 aliphatic heterocycles. The number of likely N-dealkylation sites (N-methyl/N-ethyl adjacent to an activating group) is 1. The summed E-state index contributed by atoms with van der Waals surface area (Å²) in [5, 5.41) is 11.6. The molecule has 0 saturated carbocycles. The lowest BCUT2D eigenvalue weighted by atomic mass is 10.2. The normalized spacial score (nSPS) is 22.6. The van der Waals surface area contributed by atoms with Gasteiger partial charge in [0.05, 0.1) is 0 Å². The predicted octanol–water partition coefficient (Wildman–Crippen LogP) is -0.0307. The number of hydrogen-bond acceptors (Lipinski definition) is 3. The zero-order valence-electron chi connectivity index (χ0n) is 8.83. The van der Waals surface area contributed by atoms with Crippen molar-refractivity contribution in [2.75, 3.05) is 26.7 Å². The highest BCUT2D eigenvalue weighted by molar-refractivity contribution is 5.76. The highest BCUT2D eigenvalue weighted by atomic mass is 16.2. The fourth-order valence-corrected chi connectivity index (χ4v) is 1.75. The molecule has 1 aliphatic rings. The Bertz CT molecular complexity index is 185. The second-order valence-electron chi connectivity index (χ2n) is 4.00. The molecular weight excluding hydrogens is 180 g/mol. The molecule has 1 saturated heterocycles. The average molecular weight is 200 g/mol. The van der Waals surface area contributed by atoms with Crippen molar-refractivity contribution in [1.82, 2.24) is 10.2 Å². The zero-order valence-corrected chi connectivity index (χ0v) is 8.83. The lowest BCUT2D eigenvalue weighted by Crippen LogP contribution is -2.36. The Morgan fingerprint density at radius 3 is 2.93 bits per heavy atom. The summed E-state index contributed by atoms with van der Waals surface area (Å²) in [6.45, 7) is 2.22. The van der Waals surface area contributed by atoms with Crippen LogP contribution in [-0.4, -0.2) is 48.7 Å². The number of rotatable bonds is 5. The maximum atomic E-state index is 11.4. The minimum absolute atomic E-state index is 0.124. The fraction of sp³-hybridized carbons (Fsp3) is 0.900. The molecule has 4 nitrogen and oxygen atoms in total. The summed E-state index contributed by atoms with van der Waals surface area (Å²) in [7, 11) is 2.07. The first kappa shape index (κ1) is 11.5. The van der Waals surface area contributed by atoms with Crippen LogP contribution in [0.25, 0.3) is 0 Å². The van der Waals surface area contributed by atoms with E-state index in [0.717, 1.165) is 32.4 Å². The van der Waals surface area contributed by atoms with Crippen LogP contribution in [0.3, 0.4) is 0 Å². The molecular formula is C10H20N2O2. The molecule has 0 aromatic carbocycles. The van der Waals surface area contributed by atoms with Gasteiger partial charge in [0.2, 0.25) is 5.91 Å². The Labute approximate surface area is 85.3 Å². The minimum atomic E-state index is 0.124. The van der Waals surface area contributed by atoms with E-state index in [9.17, 15) is 4.79 Å². The Morgan fingerprint density at radius 1 is 1.57 bits per heavy atom. The summed E-state index contributed by atoms with van der Waals surface area (Å²) >= 11 is 0. The van der Waals surface area contributed by atoms with Gasteiger partial charge in [-0.2, -0.15) is 0 Å². The lowest BCUT2D eigenvalue weighted by molar-refractivity contribution is -0.121. The number of carbonyl (C=O) groups is 1. The molecule has 0 aromatic rings. The van der Waals surface area contributed by atoms with Crippen LogP contribution >= 0.6 is 0 Å². The van der Waals surface area contributed by atoms with Gasteiger partial charge in [0.1, 0.15) is 0 Å². The van der Waals surface area contributed by atoms with Crippen molar-refractivity contribution in [2.24, 2.45) is 0 Å². The smallest absolute Gasteiger partial charge is 0.220 e. The lowest BCUT2D eigenvalue weighted by Gasteiger charge is -2.12. The predicted molar refractivity (Wildman–Crippen MR) is 55.0 cm³/mol. The average Bonchev–Trinajstić information content (AvgIpc) is 2.52. The SMILES string of the molecule is CN1CCC(NC(=O)CCCCO)C1. The van der Waals surface area contributed by atoms with E-state index in [1.165, 1.54) is 0 Å². The highest BCUT2D eigenvalue weighted by Gasteiger charge is 2.20. The van der Waals surface area contributed by atoms with E-state index < -0.39 is 0 Å². The number of aliphatic hydroxyl groups excluding tert-OH is 1. The van der Waals surface area contributed by atoms with E-state index in [0.29, 0.717) is 12.5 Å². The molecule has 0 spiro atoms. The van der Waals surface area contributed by atoms with Crippen LogP contribution in [0.4, 0.5) is 0 Å². The van der Waals surface area contributed by atoms with Gasteiger partial charge >= 0.3 is 0 Å². The Kier molecular flexibility index (Phi) is 4.90. The van der Waals surface area contributed by atoms with Gasteiger partial charge in [-0.15, -0.1) is 0 Å². The van der Waals surface area contributed by atoms with Gasteiger partial charge in [0, 0.05) is 25.6 Å². The summed E-state index contributed by atoms with van der Waals surface area (Å²) in [5.74, 6) is 0.124. The summed E-state index contributed by atoms with van der Waals surface area (Å²) < 4.78 is 0. The first-order chi connectivity index (χ1) is 6.72. The van der Waals surface area contributed by atoms with Crippen LogP contribution in [-0.2, 0) is 4.79 Å². The number of unbranched alkanes of at least 4 members (excludes halogenated alkanes) is 1. The van der Waals surface area contributed by atoms with E-state index in [1.54, 1.807) is 0 Å². The van der Waals surface area contributed by atoms with Crippen molar-refractivity contribution in [1.29, 1.82) is 0 Å². The van der Waals surface area contributed by atoms with Gasteiger partial charge < -0.3 is 15.3 Å². The van der Waals surface area contributed by atoms with Crippen LogP contribution in [0.1, 0.15) is 25.7 Å². The second kappa shape index (κ2) is 5.98. The molecule has 14 heavy (non-hydrogen) atoms. The zero-order chi connectivity index (χ0) is 10.4. The molecule has 0 aromatic heterocycles. The van der Waals surface area contributed by atoms with Gasteiger partial charge in [-0.05, 0) is 32.9 Å². The van der Waals surface area contributed by atoms with Crippen LogP contribution in [0, 0.1) is 0 Å². The standard InChI is InChI=1S/C10H20N2O2/c1-12-6-5-9(8-12)11-10(14)4-2-3-7-13/h9,13H,2-8H2,1H3,(H,11,14). The number of aliphatic hydroxyl groups is 1. The topological polar surface area (TPSA) is 52.6 Å². The van der Waals surface area contributed by atoms with Gasteiger partial charge in [-0.3, -0.25) is 4.79 Å². The highest BCUT2D eigenvalue weighted by Crippen LogP contribution is 2.06. The summed E-state index contributed by atoms with van der Waals surface area (Å²) in [6.07, 6.45) is 3.10. The van der Waals surface area contributed by atoms with E-state index in [4.69, 9.17) is 5.11 Å². The molecule has 2 N–H and O–H groups in total. The third-order valence-electron chi connectivity index (χ3n) is 2.57. The number of nitrogens with zero attached hydrogens (tertiary/aromatic N) is 1. The molecule has 1 fully saturated rings. The quantitative estimate of drug-likeness (QED) is 0.613. The van der Waals surface area contributed by atoms with E-state index in [-0.39, 0.29) is 12.5 Å². The third-order valence-corrected chi connectivity index (χ3v) is 2.57. The molecule has 0 aliphatic carbocycles. The van der Waals surface area contributed by atoms with Crippen molar-refractivity contribution in [2.45, 2.75) is 31.7 Å². The van der Waals surface area contributed by atoms with Gasteiger partial charge in [0.15, 0.2) is 0 Å². The number of carbonyl (C=O) groups excluding carboxylic acids is 1. The molecule has 0 radical (unpaired) electrons. The molecule has 82 valence electrons. The summed E-state index contributed by atoms with van der Waals surface area (Å²) in [4.78, 5) is 13.6. The molecule has 1 rings (SSSR count). The summed E-state index contributed by atoms with van der Waals surface area (Å²) in [5.41, 5.74) is 0. The largest absolute Gasteiger partial charge is 0.396 e. The van der Waals surface area contributed by atoms with Gasteiger partial charge in [-0.25, -0.2) is 0 Å². The van der Waals surface area contributed by atoms with E-state index in [2.05, 4.69) is 17.3 Å².